The molecule has 0 fully saturated rings. The fraction of sp³-hybridized carbons (Fsp3) is 0.571. The van der Waals surface area contributed by atoms with Crippen LogP contribution in [0.5, 0.6) is 0 Å². The average molecular weight is 169 g/mol. The number of nitrogens with zero attached hydrogens (tertiary/aromatic N) is 2. The Morgan fingerprint density at radius 1 is 1.67 bits per heavy atom. The van der Waals surface area contributed by atoms with Gasteiger partial charge in [-0.3, -0.25) is 4.79 Å². The number of nitrogens with one attached hydrogen (secondary N) is 1. The number of aryl methyl sites for hydroxylation is 1. The van der Waals surface area contributed by atoms with Crippen molar-refractivity contribution in [3.63, 3.8) is 0 Å². The van der Waals surface area contributed by atoms with Crippen molar-refractivity contribution in [3.8, 4) is 0 Å². The molecule has 0 radical (unpaired) electrons. The van der Waals surface area contributed by atoms with E-state index in [9.17, 15) is 4.79 Å². The van der Waals surface area contributed by atoms with Crippen molar-refractivity contribution in [2.45, 2.75) is 19.8 Å². The van der Waals surface area contributed by atoms with Gasteiger partial charge in [-0.1, -0.05) is 12.1 Å². The molecule has 1 aromatic heterocycles. The first-order chi connectivity index (χ1) is 5.77. The van der Waals surface area contributed by atoms with E-state index >= 15 is 0 Å². The van der Waals surface area contributed by atoms with Gasteiger partial charge in [-0.15, -0.1) is 0 Å². The summed E-state index contributed by atoms with van der Waals surface area (Å²) in [6, 6.07) is 0. The first kappa shape index (κ1) is 8.70. The van der Waals surface area contributed by atoms with E-state index in [0.29, 0.717) is 5.82 Å². The van der Waals surface area contributed by atoms with Gasteiger partial charge in [0.2, 0.25) is 0 Å². The van der Waals surface area contributed by atoms with Crippen molar-refractivity contribution in [3.05, 3.63) is 11.7 Å². The summed E-state index contributed by atoms with van der Waals surface area (Å²) in [4.78, 5) is 14.8. The zero-order valence-corrected chi connectivity index (χ0v) is 7.13. The lowest BCUT2D eigenvalue weighted by Gasteiger charge is -1.87. The van der Waals surface area contributed by atoms with Gasteiger partial charge < -0.3 is 9.84 Å². The van der Waals surface area contributed by atoms with Gasteiger partial charge in [-0.25, -0.2) is 0 Å². The van der Waals surface area contributed by atoms with E-state index in [1.54, 1.807) is 0 Å². The molecule has 0 aliphatic carbocycles. The van der Waals surface area contributed by atoms with Crippen molar-refractivity contribution in [2.24, 2.45) is 0 Å². The minimum absolute atomic E-state index is 0.0287. The Bertz CT molecular complexity index is 269. The molecule has 5 heteroatoms. The first-order valence-electron chi connectivity index (χ1n) is 3.82. The molecule has 12 heavy (non-hydrogen) atoms. The standard InChI is InChI=1S/C7H11N3O2/c1-3-4-5-9-7(12-10-5)6(11)8-2/h3-4H2,1-2H3,(H,8,11). The number of amides is 1. The molecule has 5 nitrogen and oxygen atoms in total. The molecule has 1 amide bonds. The summed E-state index contributed by atoms with van der Waals surface area (Å²) >= 11 is 0. The molecule has 0 saturated heterocycles. The van der Waals surface area contributed by atoms with E-state index < -0.39 is 0 Å². The zero-order chi connectivity index (χ0) is 8.97. The fourth-order valence-corrected chi connectivity index (χ4v) is 0.778. The zero-order valence-electron chi connectivity index (χ0n) is 7.13. The third kappa shape index (κ3) is 1.81. The Morgan fingerprint density at radius 3 is 3.00 bits per heavy atom. The Kier molecular flexibility index (Phi) is 2.79. The predicted molar refractivity (Wildman–Crippen MR) is 41.7 cm³/mol. The van der Waals surface area contributed by atoms with Crippen LogP contribution in [0.15, 0.2) is 4.52 Å². The quantitative estimate of drug-likeness (QED) is 0.710. The van der Waals surface area contributed by atoms with E-state index in [2.05, 4.69) is 15.5 Å². The summed E-state index contributed by atoms with van der Waals surface area (Å²) in [5.74, 6) is 0.266. The lowest BCUT2D eigenvalue weighted by molar-refractivity contribution is 0.0919. The van der Waals surface area contributed by atoms with Crippen LogP contribution in [-0.4, -0.2) is 23.1 Å². The van der Waals surface area contributed by atoms with Gasteiger partial charge in [-0.05, 0) is 6.42 Å². The molecular formula is C7H11N3O2. The van der Waals surface area contributed by atoms with E-state index in [0.717, 1.165) is 12.8 Å². The maximum Gasteiger partial charge on any atom is 0.315 e. The van der Waals surface area contributed by atoms with Gasteiger partial charge in [0.15, 0.2) is 5.82 Å². The van der Waals surface area contributed by atoms with Crippen molar-refractivity contribution < 1.29 is 9.32 Å². The van der Waals surface area contributed by atoms with Crippen LogP contribution in [0.3, 0.4) is 0 Å². The third-order valence-corrected chi connectivity index (χ3v) is 1.36. The molecule has 66 valence electrons. The minimum Gasteiger partial charge on any atom is -0.351 e. The SMILES string of the molecule is CCCc1noc(C(=O)NC)n1. The van der Waals surface area contributed by atoms with Crippen LogP contribution in [0.1, 0.15) is 29.9 Å². The monoisotopic (exact) mass is 169 g/mol. The number of hydrogen-bond acceptors (Lipinski definition) is 4. The van der Waals surface area contributed by atoms with Crippen molar-refractivity contribution in [2.75, 3.05) is 7.05 Å². The second kappa shape index (κ2) is 3.85. The number of rotatable bonds is 3. The molecule has 1 heterocycles. The van der Waals surface area contributed by atoms with E-state index in [1.165, 1.54) is 7.05 Å². The van der Waals surface area contributed by atoms with Crippen LogP contribution >= 0.6 is 0 Å². The van der Waals surface area contributed by atoms with Crippen LogP contribution in [0, 0.1) is 0 Å². The predicted octanol–water partition coefficient (Wildman–Crippen LogP) is 0.382. The number of carbonyl (C=O) groups excluding carboxylic acids is 1. The van der Waals surface area contributed by atoms with Gasteiger partial charge in [0.05, 0.1) is 0 Å². The largest absolute Gasteiger partial charge is 0.351 e. The highest BCUT2D eigenvalue weighted by molar-refractivity contribution is 5.89. The molecule has 1 rings (SSSR count). The van der Waals surface area contributed by atoms with Crippen molar-refractivity contribution >= 4 is 5.91 Å². The average Bonchev–Trinajstić information content (AvgIpc) is 2.52. The summed E-state index contributed by atoms with van der Waals surface area (Å²) in [7, 11) is 1.52. The second-order valence-electron chi connectivity index (χ2n) is 2.34. The van der Waals surface area contributed by atoms with Gasteiger partial charge >= 0.3 is 11.8 Å². The Morgan fingerprint density at radius 2 is 2.42 bits per heavy atom. The fourth-order valence-electron chi connectivity index (χ4n) is 0.778. The Balaban J connectivity index is 2.70. The summed E-state index contributed by atoms with van der Waals surface area (Å²) < 4.78 is 4.70. The van der Waals surface area contributed by atoms with E-state index in [4.69, 9.17) is 4.52 Å². The number of aromatic nitrogens is 2. The normalized spacial score (nSPS) is 9.83. The molecule has 0 aliphatic rings. The maximum atomic E-state index is 10.9. The third-order valence-electron chi connectivity index (χ3n) is 1.36. The smallest absolute Gasteiger partial charge is 0.315 e. The lowest BCUT2D eigenvalue weighted by atomic mass is 10.3. The van der Waals surface area contributed by atoms with E-state index in [1.807, 2.05) is 6.92 Å². The highest BCUT2D eigenvalue weighted by Crippen LogP contribution is 1.99. The molecule has 0 aliphatic heterocycles. The van der Waals surface area contributed by atoms with Crippen LogP contribution in [0.25, 0.3) is 0 Å². The van der Waals surface area contributed by atoms with Crippen molar-refractivity contribution in [1.29, 1.82) is 0 Å². The summed E-state index contributed by atoms with van der Waals surface area (Å²) in [6.07, 6.45) is 1.67. The first-order valence-corrected chi connectivity index (χ1v) is 3.82. The molecule has 0 atom stereocenters. The molecule has 0 saturated carbocycles. The Hall–Kier alpha value is -1.39. The van der Waals surface area contributed by atoms with Crippen LogP contribution < -0.4 is 5.32 Å². The second-order valence-corrected chi connectivity index (χ2v) is 2.34. The highest BCUT2D eigenvalue weighted by atomic mass is 16.5. The molecule has 0 unspecified atom stereocenters. The van der Waals surface area contributed by atoms with Gasteiger partial charge in [0.1, 0.15) is 0 Å². The van der Waals surface area contributed by atoms with Crippen LogP contribution in [-0.2, 0) is 6.42 Å². The number of carbonyl (C=O) groups is 1. The van der Waals surface area contributed by atoms with Crippen LogP contribution in [0.4, 0.5) is 0 Å². The van der Waals surface area contributed by atoms with Crippen LogP contribution in [0.2, 0.25) is 0 Å². The molecule has 0 spiro atoms. The van der Waals surface area contributed by atoms with E-state index in [-0.39, 0.29) is 11.8 Å². The van der Waals surface area contributed by atoms with Crippen molar-refractivity contribution in [1.82, 2.24) is 15.5 Å². The summed E-state index contributed by atoms with van der Waals surface area (Å²) in [5, 5.41) is 6.03. The molecule has 1 aromatic rings. The minimum atomic E-state index is -0.343. The molecule has 1 N–H and O–H groups in total. The lowest BCUT2D eigenvalue weighted by Crippen LogP contribution is -2.18. The highest BCUT2D eigenvalue weighted by Gasteiger charge is 2.11. The molecule has 0 aromatic carbocycles. The topological polar surface area (TPSA) is 68.0 Å². The summed E-state index contributed by atoms with van der Waals surface area (Å²) in [6.45, 7) is 2.01. The maximum absolute atomic E-state index is 10.9. The molecule has 0 bridgehead atoms. The number of hydrogen-bond donors (Lipinski definition) is 1. The molecular weight excluding hydrogens is 158 g/mol. The van der Waals surface area contributed by atoms with Gasteiger partial charge in [0, 0.05) is 13.5 Å². The van der Waals surface area contributed by atoms with Gasteiger partial charge in [-0.2, -0.15) is 4.98 Å². The Labute approximate surface area is 70.2 Å². The van der Waals surface area contributed by atoms with Gasteiger partial charge in [0.25, 0.3) is 0 Å². The summed E-state index contributed by atoms with van der Waals surface area (Å²) in [5.41, 5.74) is 0.